The molecule has 1 N–H and O–H groups in total. The van der Waals surface area contributed by atoms with Crippen molar-refractivity contribution in [1.29, 1.82) is 0 Å². The largest absolute Gasteiger partial charge is 0.492 e. The summed E-state index contributed by atoms with van der Waals surface area (Å²) in [6, 6.07) is 10.6. The van der Waals surface area contributed by atoms with Crippen LogP contribution >= 0.6 is 23.2 Å². The number of rotatable bonds is 6. The molecule has 3 rings (SSSR count). The van der Waals surface area contributed by atoms with Gasteiger partial charge in [0.2, 0.25) is 0 Å². The highest BCUT2D eigenvalue weighted by Crippen LogP contribution is 2.40. The van der Waals surface area contributed by atoms with Gasteiger partial charge in [0.05, 0.1) is 26.2 Å². The van der Waals surface area contributed by atoms with E-state index in [0.717, 1.165) is 11.1 Å². The molecule has 7 heteroatoms. The number of hydrogen-bond acceptors (Lipinski definition) is 5. The molecule has 1 aliphatic heterocycles. The van der Waals surface area contributed by atoms with E-state index in [-0.39, 0.29) is 12.5 Å². The van der Waals surface area contributed by atoms with Gasteiger partial charge < -0.3 is 19.3 Å². The number of benzene rings is 2. The maximum Gasteiger partial charge on any atom is 0.311 e. The Bertz CT molecular complexity index is 809. The van der Waals surface area contributed by atoms with Crippen molar-refractivity contribution >= 4 is 29.2 Å². The first kappa shape index (κ1) is 18.8. The van der Waals surface area contributed by atoms with Gasteiger partial charge in [-0.15, -0.1) is 0 Å². The zero-order valence-electron chi connectivity index (χ0n) is 14.1. The highest BCUT2D eigenvalue weighted by Gasteiger charge is 2.36. The fraction of sp³-hybridized carbons (Fsp3) is 0.316. The molecule has 5 nitrogen and oxygen atoms in total. The third-order valence-electron chi connectivity index (χ3n) is 4.40. The maximum absolute atomic E-state index is 11.8. The van der Waals surface area contributed by atoms with E-state index in [0.29, 0.717) is 34.8 Å². The number of carbonyl (C=O) groups excluding carboxylic acids is 1. The van der Waals surface area contributed by atoms with Crippen LogP contribution in [-0.4, -0.2) is 31.4 Å². The molecular formula is C19H18Cl2O5. The molecule has 0 saturated carbocycles. The van der Waals surface area contributed by atoms with Crippen molar-refractivity contribution in [1.82, 2.24) is 0 Å². The summed E-state index contributed by atoms with van der Waals surface area (Å²) < 4.78 is 16.2. The third kappa shape index (κ3) is 3.90. The van der Waals surface area contributed by atoms with E-state index in [2.05, 4.69) is 0 Å². The van der Waals surface area contributed by atoms with Crippen LogP contribution in [0.2, 0.25) is 10.0 Å². The first-order chi connectivity index (χ1) is 12.5. The average molecular weight is 397 g/mol. The molecule has 2 aromatic rings. The van der Waals surface area contributed by atoms with E-state index in [1.165, 1.54) is 7.11 Å². The molecule has 0 saturated heterocycles. The van der Waals surface area contributed by atoms with Crippen molar-refractivity contribution < 1.29 is 24.1 Å². The molecule has 0 bridgehead atoms. The number of aliphatic hydroxyl groups excluding tert-OH is 1. The Morgan fingerprint density at radius 3 is 2.81 bits per heavy atom. The van der Waals surface area contributed by atoms with Gasteiger partial charge in [-0.3, -0.25) is 4.79 Å². The maximum atomic E-state index is 11.8. The van der Waals surface area contributed by atoms with Crippen molar-refractivity contribution in [2.75, 3.05) is 20.3 Å². The van der Waals surface area contributed by atoms with E-state index < -0.39 is 11.9 Å². The van der Waals surface area contributed by atoms with Crippen molar-refractivity contribution in [3.05, 3.63) is 57.6 Å². The lowest BCUT2D eigenvalue weighted by molar-refractivity contribution is -0.147. The van der Waals surface area contributed by atoms with E-state index in [1.807, 2.05) is 12.1 Å². The monoisotopic (exact) mass is 396 g/mol. The van der Waals surface area contributed by atoms with Gasteiger partial charge in [0, 0.05) is 33.2 Å². The van der Waals surface area contributed by atoms with Crippen LogP contribution in [-0.2, 0) is 16.1 Å². The van der Waals surface area contributed by atoms with E-state index in [9.17, 15) is 9.90 Å². The van der Waals surface area contributed by atoms with Gasteiger partial charge in [-0.2, -0.15) is 0 Å². The molecule has 138 valence electrons. The normalized spacial score (nSPS) is 16.5. The van der Waals surface area contributed by atoms with Gasteiger partial charge in [-0.05, 0) is 18.2 Å². The van der Waals surface area contributed by atoms with Crippen molar-refractivity contribution in [3.63, 3.8) is 0 Å². The molecule has 0 spiro atoms. The van der Waals surface area contributed by atoms with Gasteiger partial charge in [0.25, 0.3) is 0 Å². The zero-order valence-corrected chi connectivity index (χ0v) is 15.6. The van der Waals surface area contributed by atoms with Crippen LogP contribution in [0.1, 0.15) is 17.0 Å². The molecule has 26 heavy (non-hydrogen) atoms. The number of methoxy groups -OCH3 is 1. The molecule has 0 aromatic heterocycles. The predicted octanol–water partition coefficient (Wildman–Crippen LogP) is 3.83. The highest BCUT2D eigenvalue weighted by atomic mass is 35.5. The lowest BCUT2D eigenvalue weighted by Crippen LogP contribution is -2.27. The molecule has 2 aromatic carbocycles. The molecule has 1 aliphatic rings. The Balaban J connectivity index is 1.73. The molecule has 1 heterocycles. The van der Waals surface area contributed by atoms with Crippen molar-refractivity contribution in [3.8, 4) is 11.5 Å². The second kappa shape index (κ2) is 8.16. The minimum Gasteiger partial charge on any atom is -0.492 e. The van der Waals surface area contributed by atoms with Crippen LogP contribution < -0.4 is 9.47 Å². The van der Waals surface area contributed by atoms with Crippen LogP contribution in [0.15, 0.2) is 36.4 Å². The molecule has 0 amide bonds. The Morgan fingerprint density at radius 2 is 2.12 bits per heavy atom. The summed E-state index contributed by atoms with van der Waals surface area (Å²) >= 11 is 12.0. The second-order valence-electron chi connectivity index (χ2n) is 5.95. The van der Waals surface area contributed by atoms with Crippen LogP contribution in [0.5, 0.6) is 11.5 Å². The Hall–Kier alpha value is -1.95. The Morgan fingerprint density at radius 1 is 1.31 bits per heavy atom. The van der Waals surface area contributed by atoms with E-state index in [4.69, 9.17) is 37.4 Å². The van der Waals surface area contributed by atoms with Gasteiger partial charge >= 0.3 is 5.97 Å². The number of halogens is 2. The van der Waals surface area contributed by atoms with Gasteiger partial charge in [-0.1, -0.05) is 35.3 Å². The summed E-state index contributed by atoms with van der Waals surface area (Å²) in [5, 5.41) is 10.6. The lowest BCUT2D eigenvalue weighted by atomic mass is 9.88. The van der Waals surface area contributed by atoms with Gasteiger partial charge in [-0.25, -0.2) is 0 Å². The Labute approximate surface area is 161 Å². The fourth-order valence-electron chi connectivity index (χ4n) is 2.96. The number of aliphatic hydroxyl groups is 1. The summed E-state index contributed by atoms with van der Waals surface area (Å²) in [7, 11) is 1.31. The van der Waals surface area contributed by atoms with Crippen molar-refractivity contribution in [2.45, 2.75) is 12.5 Å². The number of fused-ring (bicyclic) bond motifs is 1. The summed E-state index contributed by atoms with van der Waals surface area (Å²) in [5.74, 6) is -0.0964. The third-order valence-corrected chi connectivity index (χ3v) is 4.99. The predicted molar refractivity (Wildman–Crippen MR) is 98.1 cm³/mol. The number of esters is 1. The first-order valence-corrected chi connectivity index (χ1v) is 8.81. The molecule has 0 radical (unpaired) electrons. The molecule has 0 aliphatic carbocycles. The van der Waals surface area contributed by atoms with Gasteiger partial charge in [0.15, 0.2) is 0 Å². The van der Waals surface area contributed by atoms with Crippen LogP contribution in [0, 0.1) is 5.92 Å². The van der Waals surface area contributed by atoms with Crippen LogP contribution in [0.25, 0.3) is 0 Å². The second-order valence-corrected chi connectivity index (χ2v) is 6.80. The smallest absolute Gasteiger partial charge is 0.311 e. The van der Waals surface area contributed by atoms with E-state index >= 15 is 0 Å². The topological polar surface area (TPSA) is 65.0 Å². The first-order valence-electron chi connectivity index (χ1n) is 8.05. The SMILES string of the molecule is COC(=O)C(CO)C1COc2cc(OCc3ccc(Cl)cc3Cl)ccc21. The van der Waals surface area contributed by atoms with Gasteiger partial charge in [0.1, 0.15) is 18.1 Å². The lowest BCUT2D eigenvalue weighted by Gasteiger charge is -2.18. The standard InChI is InChI=1S/C19H18Cl2O5/c1-24-19(23)15(8-22)16-10-26-18-7-13(4-5-14(16)18)25-9-11-2-3-12(20)6-17(11)21/h2-7,15-16,22H,8-10H2,1H3. The molecule has 2 unspecified atom stereocenters. The summed E-state index contributed by atoms with van der Waals surface area (Å²) in [6.45, 7) is 0.301. The number of ether oxygens (including phenoxy) is 3. The minimum absolute atomic E-state index is 0.248. The van der Waals surface area contributed by atoms with Crippen LogP contribution in [0.3, 0.4) is 0 Å². The summed E-state index contributed by atoms with van der Waals surface area (Å²) in [6.07, 6.45) is 0. The zero-order chi connectivity index (χ0) is 18.7. The average Bonchev–Trinajstić information content (AvgIpc) is 3.04. The molecule has 0 fully saturated rings. The number of carbonyl (C=O) groups is 1. The number of hydrogen-bond donors (Lipinski definition) is 1. The molecular weight excluding hydrogens is 379 g/mol. The van der Waals surface area contributed by atoms with Crippen molar-refractivity contribution in [2.24, 2.45) is 5.92 Å². The Kier molecular flexibility index (Phi) is 5.91. The highest BCUT2D eigenvalue weighted by molar-refractivity contribution is 6.35. The minimum atomic E-state index is -0.652. The quantitative estimate of drug-likeness (QED) is 0.751. The fourth-order valence-corrected chi connectivity index (χ4v) is 3.42. The summed E-state index contributed by atoms with van der Waals surface area (Å²) in [5.41, 5.74) is 1.67. The molecule has 2 atom stereocenters. The summed E-state index contributed by atoms with van der Waals surface area (Å²) in [4.78, 5) is 11.8. The van der Waals surface area contributed by atoms with Crippen LogP contribution in [0.4, 0.5) is 0 Å². The van der Waals surface area contributed by atoms with E-state index in [1.54, 1.807) is 24.3 Å².